The number of benzene rings is 1. The van der Waals surface area contributed by atoms with Crippen molar-refractivity contribution in [3.8, 4) is 0 Å². The topological polar surface area (TPSA) is 20.2 Å². The normalized spacial score (nSPS) is 15.2. The summed E-state index contributed by atoms with van der Waals surface area (Å²) < 4.78 is 0. The van der Waals surface area contributed by atoms with Crippen LogP contribution in [0.1, 0.15) is 18.1 Å². The lowest BCUT2D eigenvalue weighted by molar-refractivity contribution is 0.336. The Kier molecular flexibility index (Phi) is 3.07. The van der Waals surface area contributed by atoms with Gasteiger partial charge in [-0.2, -0.15) is 0 Å². The lowest BCUT2D eigenvalue weighted by atomic mass is 9.98. The SMILES string of the molecule is C=CC1=C(/C(=C\C)CO)c2ccccc2C1. The molecule has 0 bridgehead atoms. The minimum atomic E-state index is 0.0809. The molecule has 1 heteroatoms. The number of fused-ring (bicyclic) bond motifs is 1. The largest absolute Gasteiger partial charge is 0.392 e. The minimum Gasteiger partial charge on any atom is -0.392 e. The Hall–Kier alpha value is -1.60. The molecule has 0 spiro atoms. The highest BCUT2D eigenvalue weighted by Gasteiger charge is 2.21. The molecule has 0 unspecified atom stereocenters. The van der Waals surface area contributed by atoms with Gasteiger partial charge in [-0.15, -0.1) is 0 Å². The van der Waals surface area contributed by atoms with Crippen LogP contribution in [0.4, 0.5) is 0 Å². The van der Waals surface area contributed by atoms with Crippen molar-refractivity contribution in [2.45, 2.75) is 13.3 Å². The van der Waals surface area contributed by atoms with Crippen LogP contribution in [0.15, 0.2) is 54.1 Å². The summed E-state index contributed by atoms with van der Waals surface area (Å²) in [5.41, 5.74) is 5.92. The van der Waals surface area contributed by atoms with Gasteiger partial charge in [0.25, 0.3) is 0 Å². The van der Waals surface area contributed by atoms with Crippen LogP contribution in [0.5, 0.6) is 0 Å². The molecule has 0 saturated heterocycles. The molecular weight excluding hydrogens is 196 g/mol. The molecule has 0 saturated carbocycles. The number of aliphatic hydroxyl groups is 1. The molecule has 1 N–H and O–H groups in total. The first-order valence-corrected chi connectivity index (χ1v) is 5.52. The first kappa shape index (κ1) is 10.9. The summed E-state index contributed by atoms with van der Waals surface area (Å²) >= 11 is 0. The molecule has 0 aromatic heterocycles. The van der Waals surface area contributed by atoms with Gasteiger partial charge >= 0.3 is 0 Å². The Morgan fingerprint density at radius 3 is 2.81 bits per heavy atom. The van der Waals surface area contributed by atoms with Crippen LogP contribution in [0.2, 0.25) is 0 Å². The second-order valence-electron chi connectivity index (χ2n) is 3.91. The Labute approximate surface area is 96.4 Å². The molecule has 1 aromatic rings. The average Bonchev–Trinajstić information content (AvgIpc) is 2.70. The summed E-state index contributed by atoms with van der Waals surface area (Å²) in [6.45, 7) is 5.90. The average molecular weight is 212 g/mol. The van der Waals surface area contributed by atoms with Crippen molar-refractivity contribution in [2.24, 2.45) is 0 Å². The number of allylic oxidation sites excluding steroid dienone is 3. The predicted molar refractivity (Wildman–Crippen MR) is 68.1 cm³/mol. The molecule has 2 rings (SSSR count). The van der Waals surface area contributed by atoms with E-state index in [0.29, 0.717) is 0 Å². The first-order valence-electron chi connectivity index (χ1n) is 5.52. The number of aliphatic hydroxyl groups excluding tert-OH is 1. The van der Waals surface area contributed by atoms with Crippen molar-refractivity contribution in [3.05, 3.63) is 65.3 Å². The number of rotatable bonds is 3. The predicted octanol–water partition coefficient (Wildman–Crippen LogP) is 3.12. The van der Waals surface area contributed by atoms with Crippen molar-refractivity contribution in [2.75, 3.05) is 6.61 Å². The van der Waals surface area contributed by atoms with Crippen LogP contribution >= 0.6 is 0 Å². The van der Waals surface area contributed by atoms with Crippen LogP contribution in [-0.2, 0) is 6.42 Å². The molecule has 1 aliphatic carbocycles. The molecule has 0 amide bonds. The lowest BCUT2D eigenvalue weighted by Crippen LogP contribution is -1.94. The fourth-order valence-corrected chi connectivity index (χ4v) is 2.25. The highest BCUT2D eigenvalue weighted by Crippen LogP contribution is 2.37. The fraction of sp³-hybridized carbons (Fsp3) is 0.200. The van der Waals surface area contributed by atoms with E-state index in [1.807, 2.05) is 25.1 Å². The molecule has 1 nitrogen and oxygen atoms in total. The van der Waals surface area contributed by atoms with E-state index in [4.69, 9.17) is 0 Å². The van der Waals surface area contributed by atoms with Gasteiger partial charge in [-0.05, 0) is 41.2 Å². The Morgan fingerprint density at radius 2 is 2.19 bits per heavy atom. The Bertz CT molecular complexity index is 478. The summed E-state index contributed by atoms with van der Waals surface area (Å²) in [4.78, 5) is 0. The van der Waals surface area contributed by atoms with Crippen molar-refractivity contribution < 1.29 is 5.11 Å². The highest BCUT2D eigenvalue weighted by atomic mass is 16.3. The molecule has 82 valence electrons. The summed E-state index contributed by atoms with van der Waals surface area (Å²) in [7, 11) is 0. The molecule has 0 radical (unpaired) electrons. The standard InChI is InChI=1S/C15H16O/c1-3-11-9-13-7-5-6-8-14(13)15(11)12(4-2)10-16/h3-8,16H,1,9-10H2,2H3/b12-4-. The maximum absolute atomic E-state index is 9.39. The maximum Gasteiger partial charge on any atom is 0.0684 e. The third-order valence-electron chi connectivity index (χ3n) is 3.08. The van der Waals surface area contributed by atoms with Crippen molar-refractivity contribution in [1.29, 1.82) is 0 Å². The number of hydrogen-bond donors (Lipinski definition) is 1. The van der Waals surface area contributed by atoms with E-state index >= 15 is 0 Å². The zero-order chi connectivity index (χ0) is 11.5. The van der Waals surface area contributed by atoms with E-state index < -0.39 is 0 Å². The van der Waals surface area contributed by atoms with Gasteiger partial charge in [0.1, 0.15) is 0 Å². The Balaban J connectivity index is 2.58. The summed E-state index contributed by atoms with van der Waals surface area (Å²) in [6.07, 6.45) is 4.79. The summed E-state index contributed by atoms with van der Waals surface area (Å²) in [5, 5.41) is 9.39. The van der Waals surface area contributed by atoms with Crippen LogP contribution in [0, 0.1) is 0 Å². The maximum atomic E-state index is 9.39. The fourth-order valence-electron chi connectivity index (χ4n) is 2.25. The van der Waals surface area contributed by atoms with Crippen LogP contribution in [0.3, 0.4) is 0 Å². The van der Waals surface area contributed by atoms with Gasteiger partial charge in [-0.1, -0.05) is 43.0 Å². The molecule has 16 heavy (non-hydrogen) atoms. The van der Waals surface area contributed by atoms with Gasteiger partial charge in [-0.25, -0.2) is 0 Å². The van der Waals surface area contributed by atoms with E-state index in [9.17, 15) is 5.11 Å². The monoisotopic (exact) mass is 212 g/mol. The molecule has 1 aromatic carbocycles. The zero-order valence-electron chi connectivity index (χ0n) is 9.53. The van der Waals surface area contributed by atoms with E-state index in [0.717, 1.165) is 17.6 Å². The smallest absolute Gasteiger partial charge is 0.0684 e. The van der Waals surface area contributed by atoms with E-state index in [1.54, 1.807) is 0 Å². The van der Waals surface area contributed by atoms with Gasteiger partial charge in [-0.3, -0.25) is 0 Å². The Morgan fingerprint density at radius 1 is 1.44 bits per heavy atom. The van der Waals surface area contributed by atoms with Gasteiger partial charge < -0.3 is 5.11 Å². The highest BCUT2D eigenvalue weighted by molar-refractivity contribution is 5.88. The quantitative estimate of drug-likeness (QED) is 0.816. The van der Waals surface area contributed by atoms with Gasteiger partial charge in [0, 0.05) is 0 Å². The molecule has 0 atom stereocenters. The molecule has 0 fully saturated rings. The summed E-state index contributed by atoms with van der Waals surface area (Å²) in [5.74, 6) is 0. The number of hydrogen-bond acceptors (Lipinski definition) is 1. The second-order valence-corrected chi connectivity index (χ2v) is 3.91. The van der Waals surface area contributed by atoms with Gasteiger partial charge in [0.05, 0.1) is 6.61 Å². The van der Waals surface area contributed by atoms with Gasteiger partial charge in [0.15, 0.2) is 0 Å². The van der Waals surface area contributed by atoms with Crippen LogP contribution in [-0.4, -0.2) is 11.7 Å². The van der Waals surface area contributed by atoms with E-state index in [-0.39, 0.29) is 6.61 Å². The molecule has 0 heterocycles. The van der Waals surface area contributed by atoms with E-state index in [2.05, 4.69) is 24.8 Å². The third-order valence-corrected chi connectivity index (χ3v) is 3.08. The van der Waals surface area contributed by atoms with E-state index in [1.165, 1.54) is 16.7 Å². The second kappa shape index (κ2) is 4.50. The minimum absolute atomic E-state index is 0.0809. The van der Waals surface area contributed by atoms with Crippen molar-refractivity contribution in [3.63, 3.8) is 0 Å². The van der Waals surface area contributed by atoms with Crippen LogP contribution in [0.25, 0.3) is 5.57 Å². The third kappa shape index (κ3) is 1.63. The van der Waals surface area contributed by atoms with Crippen molar-refractivity contribution >= 4 is 5.57 Å². The van der Waals surface area contributed by atoms with Crippen LogP contribution < -0.4 is 0 Å². The zero-order valence-corrected chi connectivity index (χ0v) is 9.53. The lowest BCUT2D eigenvalue weighted by Gasteiger charge is -2.08. The molecule has 1 aliphatic rings. The molecular formula is C15H16O. The summed E-state index contributed by atoms with van der Waals surface area (Å²) in [6, 6.07) is 8.34. The molecule has 0 aliphatic heterocycles. The van der Waals surface area contributed by atoms with Crippen molar-refractivity contribution in [1.82, 2.24) is 0 Å². The first-order chi connectivity index (χ1) is 7.81. The van der Waals surface area contributed by atoms with Gasteiger partial charge in [0.2, 0.25) is 0 Å².